The fraction of sp³-hybridized carbons (Fsp3) is 0.577. The van der Waals surface area contributed by atoms with Gasteiger partial charge in [-0.05, 0) is 69.5 Å². The van der Waals surface area contributed by atoms with Crippen LogP contribution < -0.4 is 5.73 Å². The molecule has 2 saturated heterocycles. The number of aryl methyl sites for hydroxylation is 2. The SMILES string of the molecule is CCn1c(CC[C@@H]2CCCN2C(=O)C2CCCCN2CC(=O)OC)cc2ccc(C(=N)N)cc21. The summed E-state index contributed by atoms with van der Waals surface area (Å²) in [6, 6.07) is 8.16. The molecule has 2 aromatic rings. The fourth-order valence-corrected chi connectivity index (χ4v) is 5.68. The number of benzene rings is 1. The molecule has 1 unspecified atom stereocenters. The van der Waals surface area contributed by atoms with Crippen molar-refractivity contribution in [1.29, 1.82) is 5.41 Å². The number of rotatable bonds is 8. The maximum absolute atomic E-state index is 13.6. The molecule has 184 valence electrons. The Hall–Kier alpha value is -2.87. The number of amides is 1. The zero-order valence-electron chi connectivity index (χ0n) is 20.4. The summed E-state index contributed by atoms with van der Waals surface area (Å²) in [6.07, 6.45) is 6.70. The Morgan fingerprint density at radius 1 is 1.15 bits per heavy atom. The number of carbonyl (C=O) groups excluding carboxylic acids is 2. The van der Waals surface area contributed by atoms with Gasteiger partial charge in [0.15, 0.2) is 0 Å². The van der Waals surface area contributed by atoms with Crippen molar-refractivity contribution in [3.8, 4) is 0 Å². The number of hydrogen-bond donors (Lipinski definition) is 2. The maximum Gasteiger partial charge on any atom is 0.319 e. The number of piperidine rings is 1. The van der Waals surface area contributed by atoms with E-state index < -0.39 is 0 Å². The molecular weight excluding hydrogens is 430 g/mol. The predicted octanol–water partition coefficient (Wildman–Crippen LogP) is 2.90. The number of carbonyl (C=O) groups is 2. The van der Waals surface area contributed by atoms with Crippen LogP contribution in [0, 0.1) is 5.41 Å². The second-order valence-corrected chi connectivity index (χ2v) is 9.49. The summed E-state index contributed by atoms with van der Waals surface area (Å²) in [6.45, 7) is 4.73. The molecule has 34 heavy (non-hydrogen) atoms. The van der Waals surface area contributed by atoms with E-state index in [1.165, 1.54) is 12.8 Å². The van der Waals surface area contributed by atoms with Crippen LogP contribution in [0.4, 0.5) is 0 Å². The van der Waals surface area contributed by atoms with Gasteiger partial charge in [-0.25, -0.2) is 0 Å². The molecule has 8 heteroatoms. The number of methoxy groups -OCH3 is 1. The Morgan fingerprint density at radius 2 is 1.97 bits per heavy atom. The fourth-order valence-electron chi connectivity index (χ4n) is 5.68. The maximum atomic E-state index is 13.6. The number of amidine groups is 1. The predicted molar refractivity (Wildman–Crippen MR) is 133 cm³/mol. The molecule has 2 aliphatic heterocycles. The van der Waals surface area contributed by atoms with E-state index in [1.54, 1.807) is 0 Å². The number of nitrogens with two attached hydrogens (primary N) is 1. The largest absolute Gasteiger partial charge is 0.468 e. The van der Waals surface area contributed by atoms with Crippen molar-refractivity contribution in [3.63, 3.8) is 0 Å². The number of esters is 1. The Bertz CT molecular complexity index is 1060. The molecule has 1 amide bonds. The van der Waals surface area contributed by atoms with Crippen LogP contribution in [0.5, 0.6) is 0 Å². The number of aromatic nitrogens is 1. The van der Waals surface area contributed by atoms with Crippen molar-refractivity contribution >= 4 is 28.6 Å². The molecule has 2 fully saturated rings. The highest BCUT2D eigenvalue weighted by molar-refractivity contribution is 5.98. The van der Waals surface area contributed by atoms with Gasteiger partial charge in [-0.1, -0.05) is 18.6 Å². The monoisotopic (exact) mass is 467 g/mol. The van der Waals surface area contributed by atoms with Crippen molar-refractivity contribution in [3.05, 3.63) is 35.5 Å². The van der Waals surface area contributed by atoms with Gasteiger partial charge in [0.05, 0.1) is 19.7 Å². The third-order valence-electron chi connectivity index (χ3n) is 7.47. The molecule has 3 N–H and O–H groups in total. The number of fused-ring (bicyclic) bond motifs is 1. The van der Waals surface area contributed by atoms with Gasteiger partial charge in [-0.15, -0.1) is 0 Å². The van der Waals surface area contributed by atoms with Crippen molar-refractivity contribution < 1.29 is 14.3 Å². The van der Waals surface area contributed by atoms with Gasteiger partial charge in [0.25, 0.3) is 0 Å². The van der Waals surface area contributed by atoms with Crippen LogP contribution in [-0.4, -0.2) is 70.9 Å². The molecule has 0 radical (unpaired) electrons. The molecule has 4 rings (SSSR count). The van der Waals surface area contributed by atoms with E-state index in [2.05, 4.69) is 22.5 Å². The molecule has 0 aliphatic carbocycles. The van der Waals surface area contributed by atoms with Crippen molar-refractivity contribution in [2.75, 3.05) is 26.7 Å². The first-order chi connectivity index (χ1) is 16.4. The molecule has 2 atom stereocenters. The van der Waals surface area contributed by atoms with Crippen LogP contribution in [0.25, 0.3) is 10.9 Å². The number of nitrogens with one attached hydrogen (secondary N) is 1. The zero-order chi connectivity index (χ0) is 24.2. The summed E-state index contributed by atoms with van der Waals surface area (Å²) in [5, 5.41) is 8.91. The first-order valence-corrected chi connectivity index (χ1v) is 12.5. The molecule has 2 aliphatic rings. The Labute approximate surface area is 201 Å². The van der Waals surface area contributed by atoms with Crippen LogP contribution in [0.1, 0.15) is 56.7 Å². The lowest BCUT2D eigenvalue weighted by molar-refractivity contribution is -0.146. The molecule has 1 aromatic carbocycles. The molecule has 0 saturated carbocycles. The van der Waals surface area contributed by atoms with E-state index in [0.29, 0.717) is 0 Å². The Morgan fingerprint density at radius 3 is 2.71 bits per heavy atom. The topological polar surface area (TPSA) is 105 Å². The summed E-state index contributed by atoms with van der Waals surface area (Å²) in [4.78, 5) is 29.5. The van der Waals surface area contributed by atoms with Gasteiger partial charge >= 0.3 is 5.97 Å². The van der Waals surface area contributed by atoms with E-state index >= 15 is 0 Å². The van der Waals surface area contributed by atoms with Crippen LogP contribution in [0.2, 0.25) is 0 Å². The Kier molecular flexibility index (Phi) is 7.56. The second-order valence-electron chi connectivity index (χ2n) is 9.49. The van der Waals surface area contributed by atoms with Gasteiger partial charge in [0.2, 0.25) is 5.91 Å². The normalized spacial score (nSPS) is 21.2. The van der Waals surface area contributed by atoms with Gasteiger partial charge < -0.3 is 19.9 Å². The standard InChI is InChI=1S/C26H37N5O3/c1-3-30-21(15-18-9-10-19(25(27)28)16-23(18)30)12-11-20-7-6-14-31(20)26(33)22-8-4-5-13-29(22)17-24(32)34-2/h9-10,15-16,20,22H,3-8,11-14,17H2,1-2H3,(H3,27,28)/t20-,22?/m0/s1. The van der Waals surface area contributed by atoms with Crippen LogP contribution >= 0.6 is 0 Å². The van der Waals surface area contributed by atoms with E-state index in [0.717, 1.165) is 81.0 Å². The van der Waals surface area contributed by atoms with E-state index in [-0.39, 0.29) is 36.3 Å². The molecule has 0 bridgehead atoms. The lowest BCUT2D eigenvalue weighted by Crippen LogP contribution is -2.53. The zero-order valence-corrected chi connectivity index (χ0v) is 20.4. The number of likely N-dealkylation sites (tertiary alicyclic amines) is 2. The molecular formula is C26H37N5O3. The molecule has 0 spiro atoms. The number of hydrogen-bond acceptors (Lipinski definition) is 5. The minimum absolute atomic E-state index is 0.0800. The molecule has 1 aromatic heterocycles. The minimum Gasteiger partial charge on any atom is -0.468 e. The molecule has 3 heterocycles. The first kappa shape index (κ1) is 24.3. The first-order valence-electron chi connectivity index (χ1n) is 12.5. The van der Waals surface area contributed by atoms with E-state index in [9.17, 15) is 9.59 Å². The van der Waals surface area contributed by atoms with Crippen LogP contribution in [-0.2, 0) is 27.3 Å². The van der Waals surface area contributed by atoms with Crippen molar-refractivity contribution in [2.24, 2.45) is 5.73 Å². The van der Waals surface area contributed by atoms with Crippen LogP contribution in [0.3, 0.4) is 0 Å². The van der Waals surface area contributed by atoms with Crippen molar-refractivity contribution in [1.82, 2.24) is 14.4 Å². The highest BCUT2D eigenvalue weighted by Crippen LogP contribution is 2.28. The Balaban J connectivity index is 1.47. The smallest absolute Gasteiger partial charge is 0.319 e. The summed E-state index contributed by atoms with van der Waals surface area (Å²) in [7, 11) is 1.40. The highest BCUT2D eigenvalue weighted by Gasteiger charge is 2.37. The highest BCUT2D eigenvalue weighted by atomic mass is 16.5. The lowest BCUT2D eigenvalue weighted by Gasteiger charge is -2.37. The summed E-state index contributed by atoms with van der Waals surface area (Å²) in [5.41, 5.74) is 8.79. The average Bonchev–Trinajstić information content (AvgIpc) is 3.45. The number of nitrogen functional groups attached to an aromatic ring is 1. The van der Waals surface area contributed by atoms with Crippen LogP contribution in [0.15, 0.2) is 24.3 Å². The third kappa shape index (κ3) is 4.97. The average molecular weight is 468 g/mol. The summed E-state index contributed by atoms with van der Waals surface area (Å²) in [5.74, 6) is -0.0254. The lowest BCUT2D eigenvalue weighted by atomic mass is 9.99. The van der Waals surface area contributed by atoms with Crippen molar-refractivity contribution in [2.45, 2.75) is 70.5 Å². The van der Waals surface area contributed by atoms with Gasteiger partial charge in [0.1, 0.15) is 5.84 Å². The van der Waals surface area contributed by atoms with Gasteiger partial charge in [0, 0.05) is 35.9 Å². The van der Waals surface area contributed by atoms with Gasteiger partial charge in [-0.3, -0.25) is 19.9 Å². The second kappa shape index (κ2) is 10.6. The number of ether oxygens (including phenoxy) is 1. The third-order valence-corrected chi connectivity index (χ3v) is 7.47. The van der Waals surface area contributed by atoms with E-state index in [1.807, 2.05) is 23.1 Å². The molecule has 8 nitrogen and oxygen atoms in total. The summed E-state index contributed by atoms with van der Waals surface area (Å²) < 4.78 is 7.15. The van der Waals surface area contributed by atoms with E-state index in [4.69, 9.17) is 15.9 Å². The minimum atomic E-state index is -0.280. The quantitative estimate of drug-likeness (QED) is 0.353. The summed E-state index contributed by atoms with van der Waals surface area (Å²) >= 11 is 0. The van der Waals surface area contributed by atoms with Gasteiger partial charge in [-0.2, -0.15) is 0 Å². The number of nitrogens with zero attached hydrogens (tertiary/aromatic N) is 3.